The molecular formula is C12H10O8P2. The third-order valence-electron chi connectivity index (χ3n) is 2.55. The van der Waals surface area contributed by atoms with Crippen LogP contribution in [0, 0.1) is 0 Å². The Labute approximate surface area is 125 Å². The van der Waals surface area contributed by atoms with E-state index < -0.39 is 15.6 Å². The van der Waals surface area contributed by atoms with Crippen LogP contribution in [-0.2, 0) is 9.13 Å². The van der Waals surface area contributed by atoms with Crippen LogP contribution in [0.15, 0.2) is 48.5 Å². The highest BCUT2D eigenvalue weighted by Crippen LogP contribution is 2.55. The van der Waals surface area contributed by atoms with E-state index in [1.807, 2.05) is 0 Å². The minimum absolute atomic E-state index is 0.231. The summed E-state index contributed by atoms with van der Waals surface area (Å²) < 4.78 is 43.6. The average Bonchev–Trinajstić information content (AvgIpc) is 2.41. The Morgan fingerprint density at radius 3 is 1.05 bits per heavy atom. The number of phosphoric ester groups is 2. The van der Waals surface area contributed by atoms with Crippen LogP contribution in [0.1, 0.15) is 0 Å². The lowest BCUT2D eigenvalue weighted by atomic mass is 10.3. The van der Waals surface area contributed by atoms with Gasteiger partial charge in [-0.1, -0.05) is 24.3 Å². The standard InChI is InChI=1S/C12H10O8P2/c13-21(14)17-9-5-1-2-6-10(9)18-22(15,16)20-12-8-4-3-7-11(12)19-21/h1-8H,(H,13,14)(H,15,16). The van der Waals surface area contributed by atoms with Crippen LogP contribution in [-0.4, -0.2) is 9.79 Å². The van der Waals surface area contributed by atoms with Crippen molar-refractivity contribution < 1.29 is 37.0 Å². The van der Waals surface area contributed by atoms with E-state index in [1.54, 1.807) is 0 Å². The average molecular weight is 344 g/mol. The molecule has 0 saturated carbocycles. The fraction of sp³-hybridized carbons (Fsp3) is 0. The molecule has 0 radical (unpaired) electrons. The lowest BCUT2D eigenvalue weighted by molar-refractivity contribution is 0.256. The van der Waals surface area contributed by atoms with Crippen molar-refractivity contribution in [3.63, 3.8) is 0 Å². The molecule has 0 bridgehead atoms. The van der Waals surface area contributed by atoms with Crippen molar-refractivity contribution in [3.8, 4) is 23.0 Å². The van der Waals surface area contributed by atoms with Gasteiger partial charge in [0.1, 0.15) is 0 Å². The van der Waals surface area contributed by atoms with Gasteiger partial charge in [0.05, 0.1) is 0 Å². The first kappa shape index (κ1) is 14.9. The van der Waals surface area contributed by atoms with Crippen molar-refractivity contribution >= 4 is 15.6 Å². The predicted octanol–water partition coefficient (Wildman–Crippen LogP) is 3.12. The number of fused-ring (bicyclic) bond motifs is 2. The third-order valence-corrected chi connectivity index (χ3v) is 4.26. The molecule has 0 spiro atoms. The molecule has 2 aromatic carbocycles. The maximum absolute atomic E-state index is 12.0. The van der Waals surface area contributed by atoms with Gasteiger partial charge in [0.2, 0.25) is 0 Å². The number of phosphoric acid groups is 2. The topological polar surface area (TPSA) is 112 Å². The fourth-order valence-corrected chi connectivity index (χ4v) is 3.41. The van der Waals surface area contributed by atoms with E-state index in [2.05, 4.69) is 0 Å². The zero-order chi connectivity index (χ0) is 15.8. The van der Waals surface area contributed by atoms with Crippen molar-refractivity contribution in [1.82, 2.24) is 0 Å². The van der Waals surface area contributed by atoms with Crippen LogP contribution in [0.25, 0.3) is 0 Å². The van der Waals surface area contributed by atoms with Gasteiger partial charge in [0.15, 0.2) is 23.0 Å². The highest BCUT2D eigenvalue weighted by Gasteiger charge is 2.34. The first-order valence-corrected chi connectivity index (χ1v) is 8.96. The molecule has 116 valence electrons. The summed E-state index contributed by atoms with van der Waals surface area (Å²) >= 11 is 0. The molecule has 8 nitrogen and oxygen atoms in total. The van der Waals surface area contributed by atoms with Crippen molar-refractivity contribution in [1.29, 1.82) is 0 Å². The second-order valence-electron chi connectivity index (χ2n) is 4.20. The van der Waals surface area contributed by atoms with Crippen LogP contribution in [0.3, 0.4) is 0 Å². The molecule has 0 aromatic heterocycles. The Morgan fingerprint density at radius 1 is 0.591 bits per heavy atom. The summed E-state index contributed by atoms with van der Waals surface area (Å²) in [5.74, 6) is -0.924. The quantitative estimate of drug-likeness (QED) is 0.701. The van der Waals surface area contributed by atoms with Crippen LogP contribution < -0.4 is 18.1 Å². The summed E-state index contributed by atoms with van der Waals surface area (Å²) in [4.78, 5) is 19.6. The molecule has 0 aliphatic carbocycles. The maximum Gasteiger partial charge on any atom is 0.585 e. The summed E-state index contributed by atoms with van der Waals surface area (Å²) in [7, 11) is -9.09. The van der Waals surface area contributed by atoms with Gasteiger partial charge in [-0.25, -0.2) is 9.13 Å². The highest BCUT2D eigenvalue weighted by molar-refractivity contribution is 7.49. The summed E-state index contributed by atoms with van der Waals surface area (Å²) in [5.41, 5.74) is 0. The van der Waals surface area contributed by atoms with Gasteiger partial charge in [-0.15, -0.1) is 0 Å². The van der Waals surface area contributed by atoms with Gasteiger partial charge in [0.25, 0.3) is 0 Å². The van der Waals surface area contributed by atoms with Gasteiger partial charge in [-0.3, -0.25) is 9.79 Å². The molecule has 1 aliphatic heterocycles. The van der Waals surface area contributed by atoms with Crippen LogP contribution in [0.5, 0.6) is 23.0 Å². The Bertz CT molecular complexity index is 680. The normalized spacial score (nSPS) is 27.0. The Balaban J connectivity index is 2.12. The predicted molar refractivity (Wildman–Crippen MR) is 75.0 cm³/mol. The maximum atomic E-state index is 12.0. The lowest BCUT2D eigenvalue weighted by Crippen LogP contribution is -2.07. The van der Waals surface area contributed by atoms with Gasteiger partial charge in [-0.05, 0) is 24.3 Å². The molecule has 10 heteroatoms. The fourth-order valence-electron chi connectivity index (χ4n) is 1.74. The van der Waals surface area contributed by atoms with Crippen molar-refractivity contribution in [2.75, 3.05) is 0 Å². The Kier molecular flexibility index (Phi) is 3.62. The monoisotopic (exact) mass is 344 g/mol. The SMILES string of the molecule is O=P1(O)Oc2ccccc2OP(=O)(O)Oc2ccccc2O1. The minimum Gasteiger partial charge on any atom is -0.391 e. The first-order valence-electron chi connectivity index (χ1n) is 5.97. The van der Waals surface area contributed by atoms with Gasteiger partial charge in [0, 0.05) is 0 Å². The number of hydrogen-bond donors (Lipinski definition) is 2. The highest BCUT2D eigenvalue weighted by atomic mass is 31.2. The number of para-hydroxylation sites is 4. The van der Waals surface area contributed by atoms with E-state index in [4.69, 9.17) is 18.1 Å². The summed E-state index contributed by atoms with van der Waals surface area (Å²) in [5, 5.41) is 0. The second kappa shape index (κ2) is 5.34. The molecule has 22 heavy (non-hydrogen) atoms. The number of hydrogen-bond acceptors (Lipinski definition) is 6. The van der Waals surface area contributed by atoms with Gasteiger partial charge >= 0.3 is 15.6 Å². The molecule has 1 heterocycles. The third kappa shape index (κ3) is 3.26. The second-order valence-corrected chi connectivity index (χ2v) is 6.80. The largest absolute Gasteiger partial charge is 0.585 e. The molecule has 2 aromatic rings. The van der Waals surface area contributed by atoms with Crippen LogP contribution in [0.2, 0.25) is 0 Å². The zero-order valence-electron chi connectivity index (χ0n) is 10.9. The molecular weight excluding hydrogens is 334 g/mol. The molecule has 3 rings (SSSR count). The minimum atomic E-state index is -4.54. The summed E-state index contributed by atoms with van der Waals surface area (Å²) in [6, 6.07) is 11.1. The molecule has 2 N–H and O–H groups in total. The van der Waals surface area contributed by atoms with E-state index in [9.17, 15) is 18.9 Å². The molecule has 0 amide bonds. The summed E-state index contributed by atoms with van der Waals surface area (Å²) in [6.45, 7) is 0. The first-order chi connectivity index (χ1) is 10.3. The molecule has 0 atom stereocenters. The van der Waals surface area contributed by atoms with E-state index in [1.165, 1.54) is 48.5 Å². The van der Waals surface area contributed by atoms with E-state index in [0.717, 1.165) is 0 Å². The van der Waals surface area contributed by atoms with E-state index >= 15 is 0 Å². The van der Waals surface area contributed by atoms with Crippen molar-refractivity contribution in [3.05, 3.63) is 48.5 Å². The molecule has 0 saturated heterocycles. The van der Waals surface area contributed by atoms with E-state index in [-0.39, 0.29) is 23.0 Å². The van der Waals surface area contributed by atoms with Crippen molar-refractivity contribution in [2.24, 2.45) is 0 Å². The Morgan fingerprint density at radius 2 is 0.818 bits per heavy atom. The summed E-state index contributed by atoms with van der Waals surface area (Å²) in [6.07, 6.45) is 0. The smallest absolute Gasteiger partial charge is 0.391 e. The molecule has 1 aliphatic rings. The Hall–Kier alpha value is -1.98. The lowest BCUT2D eigenvalue weighted by Gasteiger charge is -2.22. The molecule has 0 fully saturated rings. The molecule has 0 unspecified atom stereocenters. The number of benzene rings is 2. The van der Waals surface area contributed by atoms with E-state index in [0.29, 0.717) is 0 Å². The van der Waals surface area contributed by atoms with Crippen molar-refractivity contribution in [2.45, 2.75) is 0 Å². The van der Waals surface area contributed by atoms with Crippen LogP contribution >= 0.6 is 15.6 Å². The zero-order valence-corrected chi connectivity index (χ0v) is 12.6. The van der Waals surface area contributed by atoms with Gasteiger partial charge in [-0.2, -0.15) is 0 Å². The van der Waals surface area contributed by atoms with Gasteiger partial charge < -0.3 is 18.1 Å². The van der Waals surface area contributed by atoms with Crippen LogP contribution in [0.4, 0.5) is 0 Å². The number of rotatable bonds is 0.